The number of likely N-dealkylation sites (tertiary alicyclic amines) is 1. The fourth-order valence-corrected chi connectivity index (χ4v) is 13.8. The molecule has 72 heavy (non-hydrogen) atoms. The number of anilines is 4. The Bertz CT molecular complexity index is 2950. The highest BCUT2D eigenvalue weighted by molar-refractivity contribution is 7.90. The molecule has 16 nitrogen and oxygen atoms in total. The van der Waals surface area contributed by atoms with Crippen LogP contribution in [0.15, 0.2) is 83.9 Å². The number of nitrogens with one attached hydrogen (secondary N) is 3. The number of pyridine rings is 1. The lowest BCUT2D eigenvalue weighted by Crippen LogP contribution is -2.55. The first kappa shape index (κ1) is 48.5. The van der Waals surface area contributed by atoms with Crippen LogP contribution in [0.3, 0.4) is 0 Å². The topological polar surface area (TPSA) is 195 Å². The molecule has 0 bridgehead atoms. The van der Waals surface area contributed by atoms with Crippen molar-refractivity contribution >= 4 is 55.4 Å². The highest BCUT2D eigenvalue weighted by Gasteiger charge is 2.50. The van der Waals surface area contributed by atoms with E-state index in [2.05, 4.69) is 67.8 Å². The van der Waals surface area contributed by atoms with Crippen LogP contribution in [0.1, 0.15) is 125 Å². The number of aromatic amines is 1. The smallest absolute Gasteiger partial charge is 0.293 e. The van der Waals surface area contributed by atoms with Crippen molar-refractivity contribution in [3.63, 3.8) is 0 Å². The van der Waals surface area contributed by atoms with Crippen molar-refractivity contribution in [2.75, 3.05) is 61.1 Å². The second-order valence-corrected chi connectivity index (χ2v) is 23.9. The fraction of sp³-hybridized carbons (Fsp3) is 0.527. The van der Waals surface area contributed by atoms with Crippen LogP contribution in [0.4, 0.5) is 28.4 Å². The van der Waals surface area contributed by atoms with Crippen molar-refractivity contribution in [1.82, 2.24) is 19.6 Å². The van der Waals surface area contributed by atoms with Gasteiger partial charge >= 0.3 is 0 Å². The number of aromatic nitrogens is 2. The van der Waals surface area contributed by atoms with Crippen molar-refractivity contribution in [3.8, 4) is 5.88 Å². The van der Waals surface area contributed by atoms with E-state index in [1.54, 1.807) is 6.07 Å². The third kappa shape index (κ3) is 9.53. The number of nitro groups is 1. The summed E-state index contributed by atoms with van der Waals surface area (Å²) in [6.45, 7) is 11.1. The lowest BCUT2D eigenvalue weighted by Gasteiger charge is -2.56. The molecule has 382 valence electrons. The van der Waals surface area contributed by atoms with Gasteiger partial charge in [-0.15, -0.1) is 0 Å². The van der Waals surface area contributed by atoms with E-state index in [9.17, 15) is 28.4 Å². The van der Waals surface area contributed by atoms with E-state index in [1.807, 2.05) is 37.4 Å². The summed E-state index contributed by atoms with van der Waals surface area (Å²) in [6.07, 6.45) is 12.0. The van der Waals surface area contributed by atoms with Crippen LogP contribution in [0, 0.1) is 27.4 Å². The maximum Gasteiger partial charge on any atom is 0.293 e. The third-order valence-electron chi connectivity index (χ3n) is 17.1. The summed E-state index contributed by atoms with van der Waals surface area (Å²) in [5.41, 5.74) is 5.18. The molecule has 1 amide bonds. The molecule has 1 spiro atoms. The number of H-pyrrole nitrogens is 1. The number of nitro benzene ring substituents is 1. The Morgan fingerprint density at radius 1 is 0.972 bits per heavy atom. The maximum absolute atomic E-state index is 14.7. The molecule has 4 aliphatic heterocycles. The van der Waals surface area contributed by atoms with E-state index in [0.29, 0.717) is 86.5 Å². The molecule has 3 saturated heterocycles. The molecular formula is C55H68N8O8S. The van der Waals surface area contributed by atoms with Crippen molar-refractivity contribution in [2.45, 2.75) is 126 Å². The second-order valence-electron chi connectivity index (χ2n) is 22.2. The fourth-order valence-electron chi connectivity index (χ4n) is 12.9. The van der Waals surface area contributed by atoms with Crippen LogP contribution in [0.5, 0.6) is 5.88 Å². The van der Waals surface area contributed by atoms with E-state index in [0.717, 1.165) is 62.5 Å². The van der Waals surface area contributed by atoms with Crippen molar-refractivity contribution in [2.24, 2.45) is 17.3 Å². The molecule has 5 fully saturated rings. The largest absolute Gasteiger partial charge is 0.470 e. The minimum atomic E-state index is -4.61. The van der Waals surface area contributed by atoms with Gasteiger partial charge in [0, 0.05) is 74.1 Å². The van der Waals surface area contributed by atoms with Gasteiger partial charge in [0.05, 0.1) is 33.3 Å². The first-order chi connectivity index (χ1) is 34.6. The number of fused-ring (bicyclic) bond motifs is 3. The lowest BCUT2D eigenvalue weighted by molar-refractivity contribution is -0.384. The molecule has 2 aliphatic carbocycles. The number of amides is 1. The van der Waals surface area contributed by atoms with Gasteiger partial charge in [-0.25, -0.2) is 13.1 Å². The van der Waals surface area contributed by atoms with Gasteiger partial charge < -0.3 is 34.7 Å². The van der Waals surface area contributed by atoms with E-state index < -0.39 is 37.0 Å². The van der Waals surface area contributed by atoms with Gasteiger partial charge in [0.2, 0.25) is 5.88 Å². The molecule has 4 N–H and O–H groups in total. The van der Waals surface area contributed by atoms with Gasteiger partial charge in [-0.05, 0) is 155 Å². The summed E-state index contributed by atoms with van der Waals surface area (Å²) in [5.74, 6) is 0.213. The normalized spacial score (nSPS) is 25.6. The van der Waals surface area contributed by atoms with Gasteiger partial charge in [-0.2, -0.15) is 4.98 Å². The molecule has 0 unspecified atom stereocenters. The molecule has 0 radical (unpaired) electrons. The van der Waals surface area contributed by atoms with Crippen LogP contribution < -0.4 is 24.6 Å². The Labute approximate surface area is 422 Å². The van der Waals surface area contributed by atoms with E-state index in [4.69, 9.17) is 14.5 Å². The Balaban J connectivity index is 0.865. The van der Waals surface area contributed by atoms with Crippen LogP contribution in [-0.2, 0) is 14.8 Å². The van der Waals surface area contributed by atoms with Crippen LogP contribution in [0.25, 0.3) is 11.0 Å². The average Bonchev–Trinajstić information content (AvgIpc) is 4.01. The average molecular weight is 1000 g/mol. The molecule has 17 heteroatoms. The zero-order valence-electron chi connectivity index (χ0n) is 41.6. The number of hydrogen-bond donors (Lipinski definition) is 4. The number of aliphatic hydroxyl groups is 1. The van der Waals surface area contributed by atoms with Crippen molar-refractivity contribution in [1.29, 1.82) is 0 Å². The predicted molar refractivity (Wildman–Crippen MR) is 278 cm³/mol. The van der Waals surface area contributed by atoms with Crippen LogP contribution in [-0.4, -0.2) is 103 Å². The number of carbonyl (C=O) groups is 1. The highest BCUT2D eigenvalue weighted by atomic mass is 32.2. The number of ether oxygens (including phenoxy) is 2. The Kier molecular flexibility index (Phi) is 13.0. The minimum Gasteiger partial charge on any atom is -0.470 e. The maximum atomic E-state index is 14.7. The number of sulfonamides is 1. The van der Waals surface area contributed by atoms with E-state index in [1.165, 1.54) is 48.9 Å². The first-order valence-corrected chi connectivity index (χ1v) is 27.7. The zero-order valence-corrected chi connectivity index (χ0v) is 42.5. The summed E-state index contributed by atoms with van der Waals surface area (Å²) in [5, 5.41) is 26.8. The lowest BCUT2D eigenvalue weighted by atomic mass is 9.59. The summed E-state index contributed by atoms with van der Waals surface area (Å²) >= 11 is 0. The number of benzene rings is 3. The van der Waals surface area contributed by atoms with Gasteiger partial charge in [0.15, 0.2) is 0 Å². The first-order valence-electron chi connectivity index (χ1n) is 26.2. The Morgan fingerprint density at radius 2 is 1.76 bits per heavy atom. The molecule has 6 aliphatic rings. The van der Waals surface area contributed by atoms with Crippen molar-refractivity contribution in [3.05, 3.63) is 106 Å². The summed E-state index contributed by atoms with van der Waals surface area (Å²) in [7, 11) is -4.61. The molecule has 6 heterocycles. The SMILES string of the molecule is CC(C)c1ccccc1[C@@H]1CCCN1C1CC2(CCN(c3ccc(C(=O)NS(=O)(=O)c4ccc(NCC5CCC(C)(O)CC5)c([N+](=O)[O-])c4)c(N4C[C@@H]5CCOC[C@@H]5Oc5nc6[nH]ccc6cc54)c3)CC2)C1. The molecule has 5 aromatic rings. The minimum absolute atomic E-state index is 0.00530. The Morgan fingerprint density at radius 3 is 2.54 bits per heavy atom. The quantitative estimate of drug-likeness (QED) is 0.0682. The van der Waals surface area contributed by atoms with Gasteiger partial charge in [-0.3, -0.25) is 19.8 Å². The predicted octanol–water partition coefficient (Wildman–Crippen LogP) is 9.59. The summed E-state index contributed by atoms with van der Waals surface area (Å²) in [4.78, 5) is 41.4. The zero-order chi connectivity index (χ0) is 49.9. The molecule has 2 saturated carbocycles. The summed E-state index contributed by atoms with van der Waals surface area (Å²) < 4.78 is 43.2. The molecule has 3 aromatic carbocycles. The number of nitrogens with zero attached hydrogens (tertiary/aromatic N) is 5. The number of hydrogen-bond acceptors (Lipinski definition) is 13. The second kappa shape index (κ2) is 19.3. The van der Waals surface area contributed by atoms with Crippen LogP contribution >= 0.6 is 0 Å². The van der Waals surface area contributed by atoms with Gasteiger partial charge in [-0.1, -0.05) is 38.1 Å². The molecule has 2 aromatic heterocycles. The van der Waals surface area contributed by atoms with Gasteiger partial charge in [0.1, 0.15) is 23.1 Å². The Hall–Kier alpha value is -5.75. The van der Waals surface area contributed by atoms with Crippen molar-refractivity contribution < 1.29 is 32.7 Å². The van der Waals surface area contributed by atoms with E-state index >= 15 is 0 Å². The molecule has 3 atom stereocenters. The third-order valence-corrected chi connectivity index (χ3v) is 18.5. The summed E-state index contributed by atoms with van der Waals surface area (Å²) in [6, 6.07) is 23.3. The number of piperidine rings is 1. The molecule has 11 rings (SSSR count). The van der Waals surface area contributed by atoms with Gasteiger partial charge in [0.25, 0.3) is 21.6 Å². The van der Waals surface area contributed by atoms with Crippen LogP contribution in [0.2, 0.25) is 0 Å². The monoisotopic (exact) mass is 1000 g/mol. The van der Waals surface area contributed by atoms with E-state index in [-0.39, 0.29) is 34.6 Å². The number of rotatable bonds is 12. The standard InChI is InChI=1S/C55H68N8O8S/c1-35(2)42-7-4-5-8-43(42)46-9-6-23-61(46)40-30-55(31-40)20-24-60(25-21-55)39-10-12-44(47(28-39)62-33-38-17-26-70-34-50(38)71-53-49(62)27-37-16-22-56-51(37)58-53)52(64)59-72(68,69)41-11-13-45(48(29-41)63(66)67)57-32-36-14-18-54(3,65)19-15-36/h4-5,7-8,10-13,16,22,27-29,35-36,38,40,46,50,57,65H,6,9,14-15,17-21,23-26,30-34H2,1-3H3,(H,56,58)(H,59,64)/t36?,38-,46-,50-,54?/m0/s1. The highest BCUT2D eigenvalue weighted by Crippen LogP contribution is 2.55. The molecular weight excluding hydrogens is 933 g/mol. The number of carbonyl (C=O) groups excluding carboxylic acids is 1.